The molecule has 0 aromatic carbocycles. The normalized spacial score (nSPS) is 10.6. The third kappa shape index (κ3) is 1.70. The van der Waals surface area contributed by atoms with Crippen molar-refractivity contribution >= 4 is 17.2 Å². The summed E-state index contributed by atoms with van der Waals surface area (Å²) in [6.07, 6.45) is 3.53. The summed E-state index contributed by atoms with van der Waals surface area (Å²) in [5, 5.41) is 9.09. The Balaban J connectivity index is 2.20. The highest BCUT2D eigenvalue weighted by Gasteiger charge is 2.15. The molecule has 0 saturated carbocycles. The van der Waals surface area contributed by atoms with Gasteiger partial charge in [0.25, 0.3) is 0 Å². The zero-order valence-corrected chi connectivity index (χ0v) is 9.74. The Labute approximate surface area is 102 Å². The van der Waals surface area contributed by atoms with Crippen molar-refractivity contribution < 1.29 is 0 Å². The minimum atomic E-state index is 0.501. The van der Waals surface area contributed by atoms with Gasteiger partial charge in [-0.3, -0.25) is 10.1 Å². The number of hydrogen-bond acceptors (Lipinski definition) is 4. The number of aromatic amines is 1. The van der Waals surface area contributed by atoms with Gasteiger partial charge in [-0.25, -0.2) is 0 Å². The lowest BCUT2D eigenvalue weighted by Crippen LogP contribution is -1.88. The summed E-state index contributed by atoms with van der Waals surface area (Å²) in [5.41, 5.74) is 8.75. The van der Waals surface area contributed by atoms with Crippen molar-refractivity contribution in [2.45, 2.75) is 0 Å². The van der Waals surface area contributed by atoms with E-state index in [2.05, 4.69) is 15.2 Å². The van der Waals surface area contributed by atoms with E-state index in [4.69, 9.17) is 5.73 Å². The Morgan fingerprint density at radius 1 is 1.24 bits per heavy atom. The van der Waals surface area contributed by atoms with Gasteiger partial charge in [0.15, 0.2) is 5.82 Å². The molecular formula is C12H10N4S. The number of nitrogens with two attached hydrogens (primary N) is 1. The summed E-state index contributed by atoms with van der Waals surface area (Å²) >= 11 is 1.65. The van der Waals surface area contributed by atoms with E-state index in [1.165, 1.54) is 0 Å². The van der Waals surface area contributed by atoms with Crippen molar-refractivity contribution in [2.24, 2.45) is 0 Å². The summed E-state index contributed by atoms with van der Waals surface area (Å²) in [7, 11) is 0. The van der Waals surface area contributed by atoms with Gasteiger partial charge < -0.3 is 5.73 Å². The predicted molar refractivity (Wildman–Crippen MR) is 69.5 cm³/mol. The fourth-order valence-corrected chi connectivity index (χ4v) is 2.48. The Morgan fingerprint density at radius 3 is 2.88 bits per heavy atom. The van der Waals surface area contributed by atoms with Gasteiger partial charge in [0, 0.05) is 18.0 Å². The van der Waals surface area contributed by atoms with Gasteiger partial charge in [-0.2, -0.15) is 5.10 Å². The molecule has 0 fully saturated rings. The highest BCUT2D eigenvalue weighted by molar-refractivity contribution is 7.13. The van der Waals surface area contributed by atoms with Crippen molar-refractivity contribution in [3.05, 3.63) is 42.0 Å². The number of nitrogens with zero attached hydrogens (tertiary/aromatic N) is 2. The molecular weight excluding hydrogens is 232 g/mol. The highest BCUT2D eigenvalue weighted by atomic mass is 32.1. The molecule has 0 bridgehead atoms. The molecule has 84 valence electrons. The standard InChI is InChI=1S/C12H10N4S/c13-12-10(8-3-1-5-14-7-8)11(15-16-12)9-4-2-6-17-9/h1-7H,(H3,13,15,16). The molecule has 17 heavy (non-hydrogen) atoms. The molecule has 3 rings (SSSR count). The van der Waals surface area contributed by atoms with Gasteiger partial charge in [0.1, 0.15) is 0 Å². The fourth-order valence-electron chi connectivity index (χ4n) is 1.76. The number of nitrogen functional groups attached to an aromatic ring is 1. The van der Waals surface area contributed by atoms with Crippen molar-refractivity contribution in [1.82, 2.24) is 15.2 Å². The Bertz CT molecular complexity index is 613. The first-order valence-electron chi connectivity index (χ1n) is 5.14. The van der Waals surface area contributed by atoms with Crippen LogP contribution in [0.5, 0.6) is 0 Å². The van der Waals surface area contributed by atoms with Crippen LogP contribution in [0.4, 0.5) is 5.82 Å². The molecule has 0 amide bonds. The fraction of sp³-hybridized carbons (Fsp3) is 0. The van der Waals surface area contributed by atoms with Gasteiger partial charge >= 0.3 is 0 Å². The molecule has 3 heterocycles. The molecule has 3 aromatic heterocycles. The lowest BCUT2D eigenvalue weighted by molar-refractivity contribution is 1.11. The largest absolute Gasteiger partial charge is 0.382 e. The smallest absolute Gasteiger partial charge is 0.153 e. The summed E-state index contributed by atoms with van der Waals surface area (Å²) in [6, 6.07) is 7.91. The van der Waals surface area contributed by atoms with Crippen LogP contribution < -0.4 is 5.73 Å². The number of hydrogen-bond donors (Lipinski definition) is 2. The van der Waals surface area contributed by atoms with E-state index >= 15 is 0 Å². The third-order valence-corrected chi connectivity index (χ3v) is 3.40. The lowest BCUT2D eigenvalue weighted by atomic mass is 10.1. The van der Waals surface area contributed by atoms with Gasteiger partial charge in [0.05, 0.1) is 16.1 Å². The van der Waals surface area contributed by atoms with E-state index in [1.54, 1.807) is 23.7 Å². The lowest BCUT2D eigenvalue weighted by Gasteiger charge is -2.01. The van der Waals surface area contributed by atoms with Crippen LogP contribution in [0.25, 0.3) is 21.7 Å². The van der Waals surface area contributed by atoms with Crippen LogP contribution in [0.15, 0.2) is 42.0 Å². The van der Waals surface area contributed by atoms with E-state index in [1.807, 2.05) is 29.6 Å². The second kappa shape index (κ2) is 4.03. The maximum atomic E-state index is 5.91. The topological polar surface area (TPSA) is 67.6 Å². The van der Waals surface area contributed by atoms with Gasteiger partial charge in [-0.15, -0.1) is 11.3 Å². The average Bonchev–Trinajstić information content (AvgIpc) is 2.98. The maximum absolute atomic E-state index is 5.91. The highest BCUT2D eigenvalue weighted by Crippen LogP contribution is 2.35. The van der Waals surface area contributed by atoms with Crippen LogP contribution in [0, 0.1) is 0 Å². The van der Waals surface area contributed by atoms with E-state index in [0.29, 0.717) is 5.82 Å². The predicted octanol–water partition coefficient (Wildman–Crippen LogP) is 2.78. The van der Waals surface area contributed by atoms with E-state index in [-0.39, 0.29) is 0 Å². The van der Waals surface area contributed by atoms with E-state index in [9.17, 15) is 0 Å². The van der Waals surface area contributed by atoms with Crippen molar-refractivity contribution in [2.75, 3.05) is 5.73 Å². The molecule has 3 N–H and O–H groups in total. The minimum absolute atomic E-state index is 0.501. The molecule has 0 atom stereocenters. The van der Waals surface area contributed by atoms with Crippen LogP contribution in [0.1, 0.15) is 0 Å². The number of thiophene rings is 1. The molecule has 0 aliphatic rings. The van der Waals surface area contributed by atoms with E-state index < -0.39 is 0 Å². The van der Waals surface area contributed by atoms with Crippen LogP contribution in [0.3, 0.4) is 0 Å². The van der Waals surface area contributed by atoms with Crippen LogP contribution in [-0.4, -0.2) is 15.2 Å². The number of rotatable bonds is 2. The Morgan fingerprint density at radius 2 is 2.18 bits per heavy atom. The number of pyridine rings is 1. The monoisotopic (exact) mass is 242 g/mol. The summed E-state index contributed by atoms with van der Waals surface area (Å²) in [5.74, 6) is 0.501. The third-order valence-electron chi connectivity index (χ3n) is 2.51. The Kier molecular flexibility index (Phi) is 2.38. The molecule has 4 nitrogen and oxygen atoms in total. The molecule has 5 heteroatoms. The number of H-pyrrole nitrogens is 1. The molecule has 0 radical (unpaired) electrons. The number of aromatic nitrogens is 3. The zero-order chi connectivity index (χ0) is 11.7. The molecule has 0 aliphatic carbocycles. The Hall–Kier alpha value is -2.14. The summed E-state index contributed by atoms with van der Waals surface area (Å²) < 4.78 is 0. The first-order valence-corrected chi connectivity index (χ1v) is 6.02. The van der Waals surface area contributed by atoms with Crippen molar-refractivity contribution in [3.8, 4) is 21.7 Å². The maximum Gasteiger partial charge on any atom is 0.153 e. The molecule has 0 aliphatic heterocycles. The second-order valence-corrected chi connectivity index (χ2v) is 4.53. The number of anilines is 1. The van der Waals surface area contributed by atoms with Gasteiger partial charge in [-0.05, 0) is 17.5 Å². The second-order valence-electron chi connectivity index (χ2n) is 3.58. The minimum Gasteiger partial charge on any atom is -0.382 e. The van der Waals surface area contributed by atoms with Crippen molar-refractivity contribution in [3.63, 3.8) is 0 Å². The van der Waals surface area contributed by atoms with Gasteiger partial charge in [0.2, 0.25) is 0 Å². The molecule has 0 spiro atoms. The summed E-state index contributed by atoms with van der Waals surface area (Å²) in [4.78, 5) is 5.23. The van der Waals surface area contributed by atoms with Crippen molar-refractivity contribution in [1.29, 1.82) is 0 Å². The first-order chi connectivity index (χ1) is 8.36. The van der Waals surface area contributed by atoms with E-state index in [0.717, 1.165) is 21.7 Å². The molecule has 3 aromatic rings. The number of nitrogens with one attached hydrogen (secondary N) is 1. The van der Waals surface area contributed by atoms with Crippen LogP contribution in [-0.2, 0) is 0 Å². The average molecular weight is 242 g/mol. The zero-order valence-electron chi connectivity index (χ0n) is 8.92. The SMILES string of the molecule is Nc1n[nH]c(-c2cccs2)c1-c1cccnc1. The van der Waals surface area contributed by atoms with Crippen LogP contribution >= 0.6 is 11.3 Å². The van der Waals surface area contributed by atoms with Gasteiger partial charge in [-0.1, -0.05) is 12.1 Å². The summed E-state index contributed by atoms with van der Waals surface area (Å²) in [6.45, 7) is 0. The molecule has 0 unspecified atom stereocenters. The molecule has 0 saturated heterocycles. The van der Waals surface area contributed by atoms with Crippen LogP contribution in [0.2, 0.25) is 0 Å². The first kappa shape index (κ1) is 10.0. The quantitative estimate of drug-likeness (QED) is 0.726.